The van der Waals surface area contributed by atoms with Crippen molar-refractivity contribution in [2.45, 2.75) is 39.7 Å². The predicted octanol–water partition coefficient (Wildman–Crippen LogP) is 1.48. The van der Waals surface area contributed by atoms with Crippen LogP contribution in [0.15, 0.2) is 0 Å². The molecule has 1 amide bonds. The number of hydrogen-bond donors (Lipinski definition) is 0. The molecule has 1 aliphatic heterocycles. The van der Waals surface area contributed by atoms with Crippen LogP contribution < -0.4 is 0 Å². The molecule has 4 nitrogen and oxygen atoms in total. The normalized spacial score (nSPS) is 21.4. The first-order valence-corrected chi connectivity index (χ1v) is 6.86. The Morgan fingerprint density at radius 2 is 2.00 bits per heavy atom. The van der Waals surface area contributed by atoms with E-state index in [0.717, 1.165) is 24.6 Å². The topological polar surface area (TPSA) is 54.5 Å². The number of carbonyl (C=O) groups is 3. The molecule has 5 heteroatoms. The summed E-state index contributed by atoms with van der Waals surface area (Å²) in [4.78, 5) is 36.0. The lowest BCUT2D eigenvalue weighted by molar-refractivity contribution is -0.139. The summed E-state index contributed by atoms with van der Waals surface area (Å²) in [5, 5.41) is 0.0224. The molecule has 0 aromatic carbocycles. The van der Waals surface area contributed by atoms with E-state index in [1.165, 1.54) is 13.8 Å². The van der Waals surface area contributed by atoms with Gasteiger partial charge in [-0.2, -0.15) is 0 Å². The first-order chi connectivity index (χ1) is 7.93. The zero-order valence-corrected chi connectivity index (χ0v) is 11.4. The van der Waals surface area contributed by atoms with Gasteiger partial charge in [-0.25, -0.2) is 0 Å². The summed E-state index contributed by atoms with van der Waals surface area (Å²) in [5.74, 6) is 0.345. The van der Waals surface area contributed by atoms with Gasteiger partial charge < -0.3 is 4.90 Å². The van der Waals surface area contributed by atoms with Crippen LogP contribution in [0.2, 0.25) is 0 Å². The number of carbonyl (C=O) groups excluding carboxylic acids is 3. The van der Waals surface area contributed by atoms with E-state index in [-0.39, 0.29) is 28.8 Å². The molecule has 1 heterocycles. The van der Waals surface area contributed by atoms with Gasteiger partial charge in [0.15, 0.2) is 10.9 Å². The average Bonchev–Trinajstić information content (AvgIpc) is 2.73. The Balaban J connectivity index is 2.56. The van der Waals surface area contributed by atoms with Gasteiger partial charge in [0.05, 0.1) is 6.04 Å². The minimum absolute atomic E-state index is 0.00329. The van der Waals surface area contributed by atoms with Crippen molar-refractivity contribution >= 4 is 28.6 Å². The highest BCUT2D eigenvalue weighted by atomic mass is 32.2. The van der Waals surface area contributed by atoms with E-state index in [0.29, 0.717) is 12.3 Å². The summed E-state index contributed by atoms with van der Waals surface area (Å²) in [6.45, 7) is 5.51. The summed E-state index contributed by atoms with van der Waals surface area (Å²) in [7, 11) is 0. The maximum atomic E-state index is 12.1. The Bertz CT molecular complexity index is 330. The fraction of sp³-hybridized carbons (Fsp3) is 0.750. The maximum absolute atomic E-state index is 12.1. The number of nitrogens with zero attached hydrogens (tertiary/aromatic N) is 1. The Hall–Kier alpha value is -0.840. The number of hydrogen-bond acceptors (Lipinski definition) is 4. The summed E-state index contributed by atoms with van der Waals surface area (Å²) in [5.41, 5.74) is 0. The molecule has 0 radical (unpaired) electrons. The van der Waals surface area contributed by atoms with Gasteiger partial charge in [-0.1, -0.05) is 18.7 Å². The third-order valence-electron chi connectivity index (χ3n) is 2.96. The van der Waals surface area contributed by atoms with E-state index in [4.69, 9.17) is 0 Å². The minimum Gasteiger partial charge on any atom is -0.332 e. The highest BCUT2D eigenvalue weighted by Crippen LogP contribution is 2.22. The quantitative estimate of drug-likeness (QED) is 0.765. The summed E-state index contributed by atoms with van der Waals surface area (Å²) in [6.07, 6.45) is 1.66. The van der Waals surface area contributed by atoms with Crippen LogP contribution in [-0.4, -0.2) is 40.0 Å². The molecule has 0 spiro atoms. The zero-order valence-electron chi connectivity index (χ0n) is 10.6. The third kappa shape index (κ3) is 3.84. The van der Waals surface area contributed by atoms with Crippen LogP contribution in [-0.2, 0) is 14.4 Å². The van der Waals surface area contributed by atoms with Gasteiger partial charge in [0.1, 0.15) is 0 Å². The van der Waals surface area contributed by atoms with Crippen LogP contribution >= 0.6 is 11.8 Å². The highest BCUT2D eigenvalue weighted by molar-refractivity contribution is 8.13. The first-order valence-electron chi connectivity index (χ1n) is 5.87. The van der Waals surface area contributed by atoms with Crippen molar-refractivity contribution in [3.05, 3.63) is 0 Å². The SMILES string of the molecule is CC(=O)SCC(C)C(=O)N1CCCC1C(C)=O. The standard InChI is InChI=1S/C12H19NO3S/c1-8(7-17-10(3)15)12(16)13-6-4-5-11(13)9(2)14/h8,11H,4-7H2,1-3H3. The van der Waals surface area contributed by atoms with Crippen molar-refractivity contribution in [2.75, 3.05) is 12.3 Å². The van der Waals surface area contributed by atoms with Crippen LogP contribution in [0.3, 0.4) is 0 Å². The molecule has 1 fully saturated rings. The second-order valence-electron chi connectivity index (χ2n) is 4.50. The van der Waals surface area contributed by atoms with Crippen LogP contribution in [0.4, 0.5) is 0 Å². The molecule has 0 saturated carbocycles. The zero-order chi connectivity index (χ0) is 13.0. The van der Waals surface area contributed by atoms with Gasteiger partial charge in [-0.15, -0.1) is 0 Å². The van der Waals surface area contributed by atoms with Crippen LogP contribution in [0, 0.1) is 5.92 Å². The fourth-order valence-electron chi connectivity index (χ4n) is 2.05. The Morgan fingerprint density at radius 1 is 1.35 bits per heavy atom. The molecule has 2 unspecified atom stereocenters. The summed E-state index contributed by atoms with van der Waals surface area (Å²) < 4.78 is 0. The largest absolute Gasteiger partial charge is 0.332 e. The lowest BCUT2D eigenvalue weighted by Gasteiger charge is -2.25. The van der Waals surface area contributed by atoms with E-state index >= 15 is 0 Å². The molecule has 2 atom stereocenters. The van der Waals surface area contributed by atoms with E-state index in [1.54, 1.807) is 4.90 Å². The monoisotopic (exact) mass is 257 g/mol. The van der Waals surface area contributed by atoms with E-state index in [1.807, 2.05) is 6.92 Å². The molecule has 0 aromatic rings. The van der Waals surface area contributed by atoms with Gasteiger partial charge in [-0.05, 0) is 19.8 Å². The number of likely N-dealkylation sites (tertiary alicyclic amines) is 1. The molecular weight excluding hydrogens is 238 g/mol. The molecule has 1 aliphatic rings. The molecule has 1 rings (SSSR count). The fourth-order valence-corrected chi connectivity index (χ4v) is 2.68. The van der Waals surface area contributed by atoms with Crippen molar-refractivity contribution in [2.24, 2.45) is 5.92 Å². The molecule has 1 saturated heterocycles. The van der Waals surface area contributed by atoms with Crippen molar-refractivity contribution in [3.8, 4) is 0 Å². The Kier molecular flexibility index (Phi) is 5.18. The first kappa shape index (κ1) is 14.2. The Morgan fingerprint density at radius 3 is 2.53 bits per heavy atom. The number of amides is 1. The van der Waals surface area contributed by atoms with Gasteiger partial charge >= 0.3 is 0 Å². The van der Waals surface area contributed by atoms with Crippen LogP contribution in [0.5, 0.6) is 0 Å². The predicted molar refractivity (Wildman–Crippen MR) is 67.7 cm³/mol. The Labute approximate surface area is 106 Å². The summed E-state index contributed by atoms with van der Waals surface area (Å²) in [6, 6.07) is -0.243. The van der Waals surface area contributed by atoms with Crippen molar-refractivity contribution < 1.29 is 14.4 Å². The average molecular weight is 257 g/mol. The van der Waals surface area contributed by atoms with Crippen LogP contribution in [0.1, 0.15) is 33.6 Å². The third-order valence-corrected chi connectivity index (χ3v) is 4.04. The summed E-state index contributed by atoms with van der Waals surface area (Å²) >= 11 is 1.16. The lowest BCUT2D eigenvalue weighted by atomic mass is 10.1. The van der Waals surface area contributed by atoms with E-state index in [9.17, 15) is 14.4 Å². The molecule has 0 N–H and O–H groups in total. The van der Waals surface area contributed by atoms with Gasteiger partial charge in [0.25, 0.3) is 0 Å². The molecule has 0 bridgehead atoms. The molecule has 17 heavy (non-hydrogen) atoms. The maximum Gasteiger partial charge on any atom is 0.226 e. The smallest absolute Gasteiger partial charge is 0.226 e. The number of rotatable bonds is 4. The van der Waals surface area contributed by atoms with Gasteiger partial charge in [0.2, 0.25) is 5.91 Å². The number of ketones is 1. The second kappa shape index (κ2) is 6.19. The van der Waals surface area contributed by atoms with Crippen molar-refractivity contribution in [3.63, 3.8) is 0 Å². The van der Waals surface area contributed by atoms with Gasteiger partial charge in [0, 0.05) is 25.1 Å². The number of Topliss-reactive ketones (excluding diaryl/α,β-unsaturated/α-hetero) is 1. The van der Waals surface area contributed by atoms with E-state index < -0.39 is 0 Å². The van der Waals surface area contributed by atoms with E-state index in [2.05, 4.69) is 0 Å². The van der Waals surface area contributed by atoms with Crippen molar-refractivity contribution in [1.29, 1.82) is 0 Å². The number of thioether (sulfide) groups is 1. The molecular formula is C12H19NO3S. The van der Waals surface area contributed by atoms with Crippen LogP contribution in [0.25, 0.3) is 0 Å². The van der Waals surface area contributed by atoms with Crippen molar-refractivity contribution in [1.82, 2.24) is 4.90 Å². The minimum atomic E-state index is -0.243. The lowest BCUT2D eigenvalue weighted by Crippen LogP contribution is -2.42. The molecule has 0 aromatic heterocycles. The highest BCUT2D eigenvalue weighted by Gasteiger charge is 2.33. The molecule has 0 aliphatic carbocycles. The second-order valence-corrected chi connectivity index (χ2v) is 5.70. The molecule has 96 valence electrons. The van der Waals surface area contributed by atoms with Gasteiger partial charge in [-0.3, -0.25) is 14.4 Å².